The molecule has 5 aliphatic rings. The highest BCUT2D eigenvalue weighted by Crippen LogP contribution is 2.38. The zero-order valence-corrected chi connectivity index (χ0v) is 34.0. The Kier molecular flexibility index (Phi) is 10.7. The van der Waals surface area contributed by atoms with E-state index in [1.807, 2.05) is 29.2 Å². The number of urea groups is 1. The van der Waals surface area contributed by atoms with Crippen molar-refractivity contribution in [2.45, 2.75) is 49.9 Å². The van der Waals surface area contributed by atoms with Gasteiger partial charge < -0.3 is 20.4 Å². The molecule has 318 valence electrons. The van der Waals surface area contributed by atoms with Crippen LogP contribution in [0.2, 0.25) is 5.02 Å². The molecule has 3 atom stereocenters. The molecule has 61 heavy (non-hydrogen) atoms. The van der Waals surface area contributed by atoms with Gasteiger partial charge in [-0.2, -0.15) is 0 Å². The molecule has 1 aliphatic carbocycles. The van der Waals surface area contributed by atoms with Gasteiger partial charge in [0.05, 0.1) is 47.8 Å². The maximum atomic E-state index is 15.8. The number of nitrogens with one attached hydrogen (secondary N) is 3. The lowest BCUT2D eigenvalue weighted by molar-refractivity contribution is -0.125. The Morgan fingerprint density at radius 2 is 1.79 bits per heavy atom. The molecule has 15 nitrogen and oxygen atoms in total. The van der Waals surface area contributed by atoms with Gasteiger partial charge in [0.15, 0.2) is 17.2 Å². The van der Waals surface area contributed by atoms with E-state index in [1.54, 1.807) is 7.05 Å². The molecular weight excluding hydrogens is 815 g/mol. The van der Waals surface area contributed by atoms with E-state index >= 15 is 8.78 Å². The number of aromatic nitrogens is 3. The van der Waals surface area contributed by atoms with Gasteiger partial charge in [0, 0.05) is 88.6 Å². The number of halogens is 4. The van der Waals surface area contributed by atoms with E-state index < -0.39 is 54.5 Å². The zero-order valence-electron chi connectivity index (χ0n) is 33.3. The first kappa shape index (κ1) is 40.5. The molecule has 6 heterocycles. The maximum absolute atomic E-state index is 15.8. The van der Waals surface area contributed by atoms with E-state index in [9.17, 15) is 23.6 Å². The Bertz CT molecular complexity index is 2500. The van der Waals surface area contributed by atoms with Crippen molar-refractivity contribution in [1.82, 2.24) is 39.9 Å². The number of amides is 5. The van der Waals surface area contributed by atoms with Crippen LogP contribution in [0, 0.1) is 11.8 Å². The number of rotatable bonds is 8. The Hall–Kier alpha value is -5.90. The highest BCUT2D eigenvalue weighted by Gasteiger charge is 2.49. The fourth-order valence-corrected chi connectivity index (χ4v) is 8.85. The van der Waals surface area contributed by atoms with Gasteiger partial charge in [0.2, 0.25) is 5.91 Å². The minimum Gasteiger partial charge on any atom is -0.385 e. The molecule has 4 fully saturated rings. The lowest BCUT2D eigenvalue weighted by Gasteiger charge is -2.46. The van der Waals surface area contributed by atoms with Crippen molar-refractivity contribution in [1.29, 1.82) is 0 Å². The number of hydrogen-bond acceptors (Lipinski definition) is 10. The number of carbonyl (C=O) groups is 4. The smallest absolute Gasteiger partial charge is 0.328 e. The van der Waals surface area contributed by atoms with Crippen LogP contribution < -0.4 is 25.8 Å². The molecule has 0 spiro atoms. The Labute approximate surface area is 354 Å². The molecule has 5 amide bonds. The summed E-state index contributed by atoms with van der Waals surface area (Å²) in [6, 6.07) is 9.98. The normalized spacial score (nSPS) is 22.7. The van der Waals surface area contributed by atoms with Crippen LogP contribution in [0.15, 0.2) is 48.7 Å². The third kappa shape index (κ3) is 7.93. The second-order valence-corrected chi connectivity index (χ2v) is 16.3. The first-order valence-corrected chi connectivity index (χ1v) is 20.7. The number of hydrogen-bond donors (Lipinski definition) is 3. The minimum absolute atomic E-state index is 0.0680. The van der Waals surface area contributed by atoms with Crippen molar-refractivity contribution in [3.05, 3.63) is 76.1 Å². The molecule has 3 saturated heterocycles. The monoisotopic (exact) mass is 857 g/mol. The number of imidazole rings is 1. The van der Waals surface area contributed by atoms with E-state index in [0.29, 0.717) is 62.8 Å². The van der Waals surface area contributed by atoms with E-state index in [1.165, 1.54) is 33.8 Å². The minimum atomic E-state index is -3.15. The lowest BCUT2D eigenvalue weighted by Crippen LogP contribution is -2.62. The number of benzene rings is 2. The quantitative estimate of drug-likeness (QED) is 0.223. The molecule has 3 N–H and O–H groups in total. The Morgan fingerprint density at radius 3 is 2.52 bits per heavy atom. The first-order chi connectivity index (χ1) is 29.4. The van der Waals surface area contributed by atoms with E-state index in [-0.39, 0.29) is 47.9 Å². The first-order valence-electron chi connectivity index (χ1n) is 20.3. The zero-order chi connectivity index (χ0) is 42.6. The second-order valence-electron chi connectivity index (χ2n) is 15.9. The van der Waals surface area contributed by atoms with E-state index in [2.05, 4.69) is 42.6 Å². The number of fused-ring (bicyclic) bond motifs is 2. The number of piperazine rings is 1. The van der Waals surface area contributed by atoms with Gasteiger partial charge in [-0.3, -0.25) is 34.4 Å². The van der Waals surface area contributed by atoms with Crippen LogP contribution >= 0.6 is 11.6 Å². The van der Waals surface area contributed by atoms with Crippen LogP contribution in [0.4, 0.5) is 40.8 Å². The van der Waals surface area contributed by atoms with Crippen molar-refractivity contribution < 1.29 is 32.3 Å². The third-order valence-electron chi connectivity index (χ3n) is 12.0. The average Bonchev–Trinajstić information content (AvgIpc) is 3.56. The summed E-state index contributed by atoms with van der Waals surface area (Å²) < 4.78 is 46.6. The highest BCUT2D eigenvalue weighted by molar-refractivity contribution is 6.34. The Morgan fingerprint density at radius 1 is 1.00 bits per heavy atom. The molecule has 0 bridgehead atoms. The highest BCUT2D eigenvalue weighted by atomic mass is 35.5. The van der Waals surface area contributed by atoms with Gasteiger partial charge in [-0.25, -0.2) is 27.5 Å². The van der Waals surface area contributed by atoms with Crippen molar-refractivity contribution in [2.75, 3.05) is 81.1 Å². The van der Waals surface area contributed by atoms with Gasteiger partial charge in [-0.15, -0.1) is 5.10 Å². The molecule has 1 saturated carbocycles. The van der Waals surface area contributed by atoms with Crippen molar-refractivity contribution in [3.8, 4) is 11.8 Å². The third-order valence-corrected chi connectivity index (χ3v) is 12.4. The standard InChI is InChI=1S/C42H43ClF3N11O4/c1-47-31-22-36(51-57-34(23-48-38(31)57)39(59)49-30-21-29(30)44)55-14-9-27-25(4-2-6-32(27)55)5-3-12-52-16-18-53(19-17-52)35-10-13-54(24-42(35,45)46)40(60)26-7-8-28(43)33(20-26)56-15-11-37(58)50-41(56)61/h2,4,6-8,20,22-23,29-30,35,47H,9-19,21,24H2,1H3,(H,49,59)(H,50,58,61)/t29-,30+,35+/m0/s1. The van der Waals surface area contributed by atoms with Crippen LogP contribution in [0.5, 0.6) is 0 Å². The summed E-state index contributed by atoms with van der Waals surface area (Å²) in [5.41, 5.74) is 4.67. The predicted molar refractivity (Wildman–Crippen MR) is 222 cm³/mol. The number of carbonyl (C=O) groups excluding carboxylic acids is 4. The number of nitrogens with zero attached hydrogens (tertiary/aromatic N) is 8. The van der Waals surface area contributed by atoms with Gasteiger partial charge in [-0.1, -0.05) is 29.5 Å². The van der Waals surface area contributed by atoms with Gasteiger partial charge in [0.25, 0.3) is 17.7 Å². The summed E-state index contributed by atoms with van der Waals surface area (Å²) >= 11 is 6.33. The van der Waals surface area contributed by atoms with Crippen LogP contribution in [-0.4, -0.2) is 143 Å². The summed E-state index contributed by atoms with van der Waals surface area (Å²) in [7, 11) is 1.77. The Balaban J connectivity index is 0.809. The van der Waals surface area contributed by atoms with Crippen LogP contribution in [-0.2, 0) is 11.2 Å². The molecule has 2 aromatic heterocycles. The number of anilines is 4. The van der Waals surface area contributed by atoms with Crippen molar-refractivity contribution >= 4 is 63.9 Å². The summed E-state index contributed by atoms with van der Waals surface area (Å²) in [6.07, 6.45) is 1.61. The van der Waals surface area contributed by atoms with E-state index in [4.69, 9.17) is 16.7 Å². The molecule has 2 aromatic carbocycles. The van der Waals surface area contributed by atoms with Gasteiger partial charge >= 0.3 is 6.03 Å². The number of likely N-dealkylation sites (tertiary alicyclic amines) is 1. The molecule has 0 unspecified atom stereocenters. The van der Waals surface area contributed by atoms with Crippen LogP contribution in [0.1, 0.15) is 51.2 Å². The average molecular weight is 858 g/mol. The summed E-state index contributed by atoms with van der Waals surface area (Å²) in [5, 5.41) is 13.1. The summed E-state index contributed by atoms with van der Waals surface area (Å²) in [6.45, 7) is 2.63. The second kappa shape index (κ2) is 16.2. The SMILES string of the molecule is CNc1cc(N2CCc3c(C#CCN4CCN([C@@H]5CCN(C(=O)c6ccc(Cl)c(N7CCC(=O)NC7=O)c6)CC5(F)F)CC4)cccc32)nn2c(C(=O)N[C@@H]3C[C@@H]3F)cnc12. The number of imide groups is 1. The maximum Gasteiger partial charge on any atom is 0.328 e. The molecule has 19 heteroatoms. The lowest BCUT2D eigenvalue weighted by atomic mass is 9.97. The topological polar surface area (TPSA) is 151 Å². The van der Waals surface area contributed by atoms with Crippen molar-refractivity contribution in [2.24, 2.45) is 0 Å². The summed E-state index contributed by atoms with van der Waals surface area (Å²) in [4.78, 5) is 63.3. The van der Waals surface area contributed by atoms with Gasteiger partial charge in [-0.05, 0) is 48.7 Å². The molecule has 0 radical (unpaired) electrons. The molecular formula is C42H43ClF3N11O4. The molecule has 9 rings (SSSR count). The predicted octanol–water partition coefficient (Wildman–Crippen LogP) is 3.92. The largest absolute Gasteiger partial charge is 0.385 e. The summed E-state index contributed by atoms with van der Waals surface area (Å²) in [5.74, 6) is 2.69. The van der Waals surface area contributed by atoms with Crippen molar-refractivity contribution in [3.63, 3.8) is 0 Å². The molecule has 4 aromatic rings. The molecule has 4 aliphatic heterocycles. The van der Waals surface area contributed by atoms with Crippen LogP contribution in [0.25, 0.3) is 5.65 Å². The van der Waals surface area contributed by atoms with E-state index in [0.717, 1.165) is 28.1 Å². The number of piperidine rings is 1. The fraction of sp³-hybridized carbons (Fsp3) is 0.429. The fourth-order valence-electron chi connectivity index (χ4n) is 8.63. The van der Waals surface area contributed by atoms with Gasteiger partial charge in [0.1, 0.15) is 6.17 Å². The van der Waals surface area contributed by atoms with Crippen LogP contribution in [0.3, 0.4) is 0 Å². The number of alkyl halides is 3.